The Labute approximate surface area is 128 Å². The molecule has 6 heteroatoms. The number of aromatic nitrogens is 2. The number of hydrogen-bond acceptors (Lipinski definition) is 4. The van der Waals surface area contributed by atoms with Crippen molar-refractivity contribution in [2.45, 2.75) is 19.4 Å². The van der Waals surface area contributed by atoms with Crippen LogP contribution in [0.4, 0.5) is 0 Å². The van der Waals surface area contributed by atoms with Crippen LogP contribution >= 0.6 is 0 Å². The first kappa shape index (κ1) is 14.6. The van der Waals surface area contributed by atoms with Gasteiger partial charge < -0.3 is 14.8 Å². The summed E-state index contributed by atoms with van der Waals surface area (Å²) in [6, 6.07) is 7.79. The number of nitrogens with zero attached hydrogens (tertiary/aromatic N) is 2. The summed E-state index contributed by atoms with van der Waals surface area (Å²) < 4.78 is 5.24. The SMILES string of the molecule is COc1cccc(-c2nc3c([nH]2)CN(CCC(=O)O)CC3)c1. The summed E-state index contributed by atoms with van der Waals surface area (Å²) >= 11 is 0. The second kappa shape index (κ2) is 6.19. The summed E-state index contributed by atoms with van der Waals surface area (Å²) in [6.07, 6.45) is 1.02. The number of benzene rings is 1. The molecule has 22 heavy (non-hydrogen) atoms. The molecule has 2 N–H and O–H groups in total. The van der Waals surface area contributed by atoms with E-state index in [-0.39, 0.29) is 6.42 Å². The molecule has 0 aliphatic carbocycles. The minimum absolute atomic E-state index is 0.173. The first-order chi connectivity index (χ1) is 10.7. The van der Waals surface area contributed by atoms with Crippen LogP contribution in [0, 0.1) is 0 Å². The molecule has 1 aromatic carbocycles. The van der Waals surface area contributed by atoms with Crippen LogP contribution < -0.4 is 4.74 Å². The molecular formula is C16H19N3O3. The second-order valence-electron chi connectivity index (χ2n) is 5.41. The van der Waals surface area contributed by atoms with Crippen LogP contribution in [-0.2, 0) is 17.8 Å². The molecule has 3 rings (SSSR count). The lowest BCUT2D eigenvalue weighted by molar-refractivity contribution is -0.137. The lowest BCUT2D eigenvalue weighted by atomic mass is 10.1. The molecule has 0 spiro atoms. The zero-order valence-corrected chi connectivity index (χ0v) is 12.5. The molecule has 0 unspecified atom stereocenters. The number of carboxylic acids is 1. The molecular weight excluding hydrogens is 282 g/mol. The van der Waals surface area contributed by atoms with Gasteiger partial charge in [0.05, 0.1) is 24.9 Å². The topological polar surface area (TPSA) is 78.5 Å². The van der Waals surface area contributed by atoms with Crippen LogP contribution in [0.15, 0.2) is 24.3 Å². The Hall–Kier alpha value is -2.34. The highest BCUT2D eigenvalue weighted by atomic mass is 16.5. The van der Waals surface area contributed by atoms with Crippen LogP contribution in [-0.4, -0.2) is 46.1 Å². The van der Waals surface area contributed by atoms with E-state index in [1.807, 2.05) is 24.3 Å². The lowest BCUT2D eigenvalue weighted by Gasteiger charge is -2.25. The smallest absolute Gasteiger partial charge is 0.304 e. The van der Waals surface area contributed by atoms with Gasteiger partial charge in [-0.15, -0.1) is 0 Å². The molecule has 0 radical (unpaired) electrons. The third kappa shape index (κ3) is 3.12. The molecule has 1 aliphatic heterocycles. The fraction of sp³-hybridized carbons (Fsp3) is 0.375. The molecule has 2 heterocycles. The van der Waals surface area contributed by atoms with Gasteiger partial charge in [-0.1, -0.05) is 12.1 Å². The molecule has 6 nitrogen and oxygen atoms in total. The number of rotatable bonds is 5. The van der Waals surface area contributed by atoms with Gasteiger partial charge in [0, 0.05) is 31.6 Å². The predicted molar refractivity (Wildman–Crippen MR) is 81.8 cm³/mol. The minimum Gasteiger partial charge on any atom is -0.497 e. The summed E-state index contributed by atoms with van der Waals surface area (Å²) in [7, 11) is 1.65. The van der Waals surface area contributed by atoms with Crippen LogP contribution in [0.2, 0.25) is 0 Å². The van der Waals surface area contributed by atoms with Gasteiger partial charge in [-0.3, -0.25) is 9.69 Å². The summed E-state index contributed by atoms with van der Waals surface area (Å²) in [5.74, 6) is 0.881. The van der Waals surface area contributed by atoms with E-state index in [1.54, 1.807) is 7.11 Å². The summed E-state index contributed by atoms with van der Waals surface area (Å²) in [5, 5.41) is 8.78. The maximum Gasteiger partial charge on any atom is 0.304 e. The average molecular weight is 301 g/mol. The van der Waals surface area contributed by atoms with Crippen molar-refractivity contribution >= 4 is 5.97 Å². The van der Waals surface area contributed by atoms with Crippen LogP contribution in [0.3, 0.4) is 0 Å². The molecule has 0 amide bonds. The fourth-order valence-corrected chi connectivity index (χ4v) is 2.70. The standard InChI is InChI=1S/C16H19N3O3/c1-22-12-4-2-3-11(9-12)16-17-13-5-7-19(8-6-15(20)21)10-14(13)18-16/h2-4,9H,5-8,10H2,1H3,(H,17,18)(H,20,21). The third-order valence-corrected chi connectivity index (χ3v) is 3.90. The summed E-state index contributed by atoms with van der Waals surface area (Å²) in [6.45, 7) is 2.14. The van der Waals surface area contributed by atoms with Gasteiger partial charge >= 0.3 is 5.97 Å². The van der Waals surface area contributed by atoms with Gasteiger partial charge in [-0.2, -0.15) is 0 Å². The van der Waals surface area contributed by atoms with E-state index in [2.05, 4.69) is 14.9 Å². The molecule has 116 valence electrons. The first-order valence-electron chi connectivity index (χ1n) is 7.32. The molecule has 1 aromatic heterocycles. The Morgan fingerprint density at radius 2 is 2.36 bits per heavy atom. The number of aromatic amines is 1. The van der Waals surface area contributed by atoms with E-state index in [9.17, 15) is 4.79 Å². The Morgan fingerprint density at radius 3 is 3.14 bits per heavy atom. The molecule has 0 saturated heterocycles. The zero-order valence-electron chi connectivity index (χ0n) is 12.5. The van der Waals surface area contributed by atoms with Crippen LogP contribution in [0.1, 0.15) is 17.8 Å². The van der Waals surface area contributed by atoms with E-state index >= 15 is 0 Å². The van der Waals surface area contributed by atoms with Crippen molar-refractivity contribution in [2.75, 3.05) is 20.2 Å². The Kier molecular flexibility index (Phi) is 4.11. The van der Waals surface area contributed by atoms with E-state index in [0.29, 0.717) is 6.54 Å². The maximum atomic E-state index is 10.7. The first-order valence-corrected chi connectivity index (χ1v) is 7.32. The molecule has 0 fully saturated rings. The fourth-order valence-electron chi connectivity index (χ4n) is 2.70. The van der Waals surface area contributed by atoms with E-state index in [1.165, 1.54) is 0 Å². The Bertz CT molecular complexity index is 681. The summed E-state index contributed by atoms with van der Waals surface area (Å²) in [5.41, 5.74) is 3.14. The van der Waals surface area contributed by atoms with Gasteiger partial charge in [0.25, 0.3) is 0 Å². The number of fused-ring (bicyclic) bond motifs is 1. The Morgan fingerprint density at radius 1 is 1.50 bits per heavy atom. The lowest BCUT2D eigenvalue weighted by Crippen LogP contribution is -2.32. The number of aliphatic carboxylic acids is 1. The highest BCUT2D eigenvalue weighted by molar-refractivity contribution is 5.66. The molecule has 0 bridgehead atoms. The third-order valence-electron chi connectivity index (χ3n) is 3.90. The number of hydrogen-bond donors (Lipinski definition) is 2. The number of H-pyrrole nitrogens is 1. The van der Waals surface area contributed by atoms with Gasteiger partial charge in [-0.05, 0) is 12.1 Å². The number of imidazole rings is 1. The van der Waals surface area contributed by atoms with E-state index in [4.69, 9.17) is 9.84 Å². The molecule has 0 saturated carbocycles. The van der Waals surface area contributed by atoms with Crippen LogP contribution in [0.5, 0.6) is 5.75 Å². The van der Waals surface area contributed by atoms with Crippen molar-refractivity contribution in [3.05, 3.63) is 35.7 Å². The number of carboxylic acid groups (broad SMARTS) is 1. The minimum atomic E-state index is -0.757. The highest BCUT2D eigenvalue weighted by Crippen LogP contribution is 2.25. The van der Waals surface area contributed by atoms with Crippen molar-refractivity contribution in [2.24, 2.45) is 0 Å². The van der Waals surface area contributed by atoms with Crippen molar-refractivity contribution in [1.82, 2.24) is 14.9 Å². The van der Waals surface area contributed by atoms with Crippen LogP contribution in [0.25, 0.3) is 11.4 Å². The van der Waals surface area contributed by atoms with Crippen molar-refractivity contribution in [1.29, 1.82) is 0 Å². The van der Waals surface area contributed by atoms with Gasteiger partial charge in [0.2, 0.25) is 0 Å². The Balaban J connectivity index is 1.77. The summed E-state index contributed by atoms with van der Waals surface area (Å²) in [4.78, 5) is 20.9. The zero-order chi connectivity index (χ0) is 15.5. The number of nitrogens with one attached hydrogen (secondary N) is 1. The van der Waals surface area contributed by atoms with Crippen molar-refractivity contribution < 1.29 is 14.6 Å². The number of methoxy groups -OCH3 is 1. The van der Waals surface area contributed by atoms with Gasteiger partial charge in [-0.25, -0.2) is 4.98 Å². The molecule has 0 atom stereocenters. The van der Waals surface area contributed by atoms with Gasteiger partial charge in [0.1, 0.15) is 11.6 Å². The highest BCUT2D eigenvalue weighted by Gasteiger charge is 2.21. The van der Waals surface area contributed by atoms with Crippen molar-refractivity contribution in [3.63, 3.8) is 0 Å². The van der Waals surface area contributed by atoms with E-state index < -0.39 is 5.97 Å². The number of carbonyl (C=O) groups is 1. The monoisotopic (exact) mass is 301 g/mol. The maximum absolute atomic E-state index is 10.7. The largest absolute Gasteiger partial charge is 0.497 e. The van der Waals surface area contributed by atoms with Gasteiger partial charge in [0.15, 0.2) is 0 Å². The second-order valence-corrected chi connectivity index (χ2v) is 5.41. The predicted octanol–water partition coefficient (Wildman–Crippen LogP) is 1.92. The average Bonchev–Trinajstić information content (AvgIpc) is 2.96. The number of ether oxygens (including phenoxy) is 1. The quantitative estimate of drug-likeness (QED) is 0.882. The molecule has 1 aliphatic rings. The normalized spacial score (nSPS) is 14.6. The van der Waals surface area contributed by atoms with E-state index in [0.717, 1.165) is 48.0 Å². The molecule has 2 aromatic rings. The van der Waals surface area contributed by atoms with Crippen molar-refractivity contribution in [3.8, 4) is 17.1 Å².